The molecular weight excluding hydrogens is 508 g/mol. The van der Waals surface area contributed by atoms with Crippen molar-refractivity contribution < 1.29 is 19.4 Å². The molecule has 1 aromatic heterocycles. The molecular formula is C19H16Br2N4O4. The molecule has 2 aromatic carbocycles. The highest BCUT2D eigenvalue weighted by atomic mass is 79.9. The largest absolute Gasteiger partial charge is 0.493 e. The summed E-state index contributed by atoms with van der Waals surface area (Å²) in [6.45, 7) is 1.39. The molecule has 8 nitrogen and oxygen atoms in total. The monoisotopic (exact) mass is 522 g/mol. The fourth-order valence-electron chi connectivity index (χ4n) is 2.44. The van der Waals surface area contributed by atoms with E-state index in [4.69, 9.17) is 4.74 Å². The molecule has 0 saturated carbocycles. The van der Waals surface area contributed by atoms with Crippen LogP contribution >= 0.6 is 31.9 Å². The van der Waals surface area contributed by atoms with E-state index in [9.17, 15) is 14.7 Å². The van der Waals surface area contributed by atoms with Crippen molar-refractivity contribution in [2.75, 3.05) is 13.2 Å². The Kier molecular flexibility index (Phi) is 6.65. The average molecular weight is 524 g/mol. The molecule has 0 fully saturated rings. The standard InChI is InChI=1S/C19H16Br2N4O4/c1-10-2-4-12(5-3-10)29-9-16(27)22-8-15(26)24-25-18-13-6-11(20)7-14(21)17(13)23-19(18)28/h2-7,23,28H,8-9H2,1H3,(H,22,27). The zero-order valence-corrected chi connectivity index (χ0v) is 18.4. The fraction of sp³-hybridized carbons (Fsp3) is 0.158. The van der Waals surface area contributed by atoms with Gasteiger partial charge in [-0.15, -0.1) is 10.2 Å². The van der Waals surface area contributed by atoms with Crippen molar-refractivity contribution in [1.82, 2.24) is 10.3 Å². The Morgan fingerprint density at radius 1 is 1.21 bits per heavy atom. The van der Waals surface area contributed by atoms with Gasteiger partial charge in [0.2, 0.25) is 5.88 Å². The number of aromatic amines is 1. The van der Waals surface area contributed by atoms with Crippen LogP contribution in [0.25, 0.3) is 10.9 Å². The summed E-state index contributed by atoms with van der Waals surface area (Å²) in [5.41, 5.74) is 1.83. The van der Waals surface area contributed by atoms with Gasteiger partial charge in [0.1, 0.15) is 12.3 Å². The van der Waals surface area contributed by atoms with E-state index in [1.165, 1.54) is 0 Å². The van der Waals surface area contributed by atoms with Crippen LogP contribution in [0.1, 0.15) is 5.56 Å². The van der Waals surface area contributed by atoms with Crippen LogP contribution < -0.4 is 10.1 Å². The van der Waals surface area contributed by atoms with Crippen LogP contribution in [0.3, 0.4) is 0 Å². The van der Waals surface area contributed by atoms with Gasteiger partial charge in [-0.1, -0.05) is 33.6 Å². The Hall–Kier alpha value is -2.72. The zero-order chi connectivity index (χ0) is 21.0. The van der Waals surface area contributed by atoms with E-state index in [1.54, 1.807) is 24.3 Å². The highest BCUT2D eigenvalue weighted by molar-refractivity contribution is 9.11. The molecule has 3 aromatic rings. The smallest absolute Gasteiger partial charge is 0.283 e. The van der Waals surface area contributed by atoms with Gasteiger partial charge in [0.15, 0.2) is 12.3 Å². The fourth-order valence-corrected chi connectivity index (χ4v) is 3.77. The van der Waals surface area contributed by atoms with Crippen LogP contribution in [0.2, 0.25) is 0 Å². The molecule has 0 spiro atoms. The number of rotatable bonds is 6. The van der Waals surface area contributed by atoms with Gasteiger partial charge in [-0.3, -0.25) is 9.59 Å². The number of aromatic nitrogens is 1. The Morgan fingerprint density at radius 3 is 2.66 bits per heavy atom. The van der Waals surface area contributed by atoms with Gasteiger partial charge in [-0.2, -0.15) is 0 Å². The Labute approximate surface area is 182 Å². The number of hydrogen-bond acceptors (Lipinski definition) is 5. The number of amides is 2. The summed E-state index contributed by atoms with van der Waals surface area (Å²) in [7, 11) is 0. The lowest BCUT2D eigenvalue weighted by Gasteiger charge is -2.06. The average Bonchev–Trinajstić information content (AvgIpc) is 3.00. The molecule has 0 aliphatic carbocycles. The van der Waals surface area contributed by atoms with Gasteiger partial charge in [0.05, 0.1) is 5.52 Å². The van der Waals surface area contributed by atoms with Gasteiger partial charge >= 0.3 is 0 Å². The number of H-pyrrole nitrogens is 1. The molecule has 3 rings (SSSR count). The topological polar surface area (TPSA) is 116 Å². The predicted octanol–water partition coefficient (Wildman–Crippen LogP) is 4.51. The van der Waals surface area contributed by atoms with Crippen LogP contribution in [-0.4, -0.2) is 35.1 Å². The summed E-state index contributed by atoms with van der Waals surface area (Å²) >= 11 is 6.74. The number of benzene rings is 2. The van der Waals surface area contributed by atoms with E-state index >= 15 is 0 Å². The van der Waals surface area contributed by atoms with Crippen molar-refractivity contribution in [1.29, 1.82) is 0 Å². The van der Waals surface area contributed by atoms with E-state index in [0.29, 0.717) is 21.1 Å². The first kappa shape index (κ1) is 21.0. The number of nitrogens with one attached hydrogen (secondary N) is 2. The van der Waals surface area contributed by atoms with E-state index in [-0.39, 0.29) is 24.7 Å². The maximum Gasteiger partial charge on any atom is 0.283 e. The normalized spacial score (nSPS) is 11.1. The number of carbonyl (C=O) groups is 2. The van der Waals surface area contributed by atoms with Crippen LogP contribution in [0.4, 0.5) is 5.69 Å². The first-order valence-electron chi connectivity index (χ1n) is 8.44. The Morgan fingerprint density at radius 2 is 1.93 bits per heavy atom. The number of carbonyl (C=O) groups excluding carboxylic acids is 2. The summed E-state index contributed by atoms with van der Waals surface area (Å²) in [4.78, 5) is 26.5. The first-order chi connectivity index (χ1) is 13.8. The summed E-state index contributed by atoms with van der Waals surface area (Å²) < 4.78 is 6.81. The molecule has 0 aliphatic rings. The van der Waals surface area contributed by atoms with E-state index in [2.05, 4.69) is 52.4 Å². The molecule has 1 heterocycles. The van der Waals surface area contributed by atoms with E-state index < -0.39 is 11.8 Å². The highest BCUT2D eigenvalue weighted by Gasteiger charge is 2.14. The Bertz CT molecular complexity index is 1090. The number of halogens is 2. The third-order valence-electron chi connectivity index (χ3n) is 3.87. The van der Waals surface area contributed by atoms with Crippen molar-refractivity contribution in [3.63, 3.8) is 0 Å². The van der Waals surface area contributed by atoms with E-state index in [0.717, 1.165) is 10.0 Å². The minimum atomic E-state index is -0.670. The quantitative estimate of drug-likeness (QED) is 0.412. The van der Waals surface area contributed by atoms with Crippen molar-refractivity contribution in [3.8, 4) is 11.6 Å². The van der Waals surface area contributed by atoms with Gasteiger partial charge in [-0.05, 0) is 47.1 Å². The van der Waals surface area contributed by atoms with Crippen molar-refractivity contribution in [3.05, 3.63) is 50.9 Å². The van der Waals surface area contributed by atoms with Gasteiger partial charge in [0, 0.05) is 14.3 Å². The number of aryl methyl sites for hydroxylation is 1. The number of aromatic hydroxyl groups is 1. The van der Waals surface area contributed by atoms with Crippen molar-refractivity contribution in [2.24, 2.45) is 10.2 Å². The highest BCUT2D eigenvalue weighted by Crippen LogP contribution is 2.40. The van der Waals surface area contributed by atoms with Gasteiger partial charge < -0.3 is 20.1 Å². The molecule has 3 N–H and O–H groups in total. The summed E-state index contributed by atoms with van der Waals surface area (Å²) in [5, 5.41) is 20.4. The number of ether oxygens (including phenoxy) is 1. The predicted molar refractivity (Wildman–Crippen MR) is 115 cm³/mol. The SMILES string of the molecule is Cc1ccc(OCC(=O)NCC(=O)N=Nc2c(O)[nH]c3c(Br)cc(Br)cc23)cc1. The molecule has 29 heavy (non-hydrogen) atoms. The third kappa shape index (κ3) is 5.42. The second-order valence-electron chi connectivity index (χ2n) is 6.10. The van der Waals surface area contributed by atoms with Crippen LogP contribution in [0.15, 0.2) is 55.6 Å². The van der Waals surface area contributed by atoms with E-state index in [1.807, 2.05) is 19.1 Å². The minimum absolute atomic E-state index is 0.129. The molecule has 0 aliphatic heterocycles. The summed E-state index contributed by atoms with van der Waals surface area (Å²) in [5.74, 6) is -0.789. The second-order valence-corrected chi connectivity index (χ2v) is 7.87. The van der Waals surface area contributed by atoms with Gasteiger partial charge in [-0.25, -0.2) is 0 Å². The second kappa shape index (κ2) is 9.19. The lowest BCUT2D eigenvalue weighted by molar-refractivity contribution is -0.126. The number of hydrogen-bond donors (Lipinski definition) is 3. The molecule has 2 amide bonds. The molecule has 0 bridgehead atoms. The minimum Gasteiger partial charge on any atom is -0.493 e. The molecule has 150 valence electrons. The zero-order valence-electron chi connectivity index (χ0n) is 15.2. The van der Waals surface area contributed by atoms with Crippen LogP contribution in [0, 0.1) is 6.92 Å². The van der Waals surface area contributed by atoms with Crippen LogP contribution in [0.5, 0.6) is 11.6 Å². The van der Waals surface area contributed by atoms with Crippen molar-refractivity contribution in [2.45, 2.75) is 6.92 Å². The summed E-state index contributed by atoms with van der Waals surface area (Å²) in [6, 6.07) is 10.8. The molecule has 10 heteroatoms. The summed E-state index contributed by atoms with van der Waals surface area (Å²) in [6.07, 6.45) is 0. The molecule has 0 atom stereocenters. The Balaban J connectivity index is 1.56. The maximum atomic E-state index is 11.9. The number of fused-ring (bicyclic) bond motifs is 1. The van der Waals surface area contributed by atoms with Crippen LogP contribution in [-0.2, 0) is 9.59 Å². The lowest BCUT2D eigenvalue weighted by atomic mass is 10.2. The third-order valence-corrected chi connectivity index (χ3v) is 4.95. The molecule has 0 saturated heterocycles. The lowest BCUT2D eigenvalue weighted by Crippen LogP contribution is -2.32. The first-order valence-corrected chi connectivity index (χ1v) is 10.0. The molecule has 0 unspecified atom stereocenters. The van der Waals surface area contributed by atoms with Gasteiger partial charge in [0.25, 0.3) is 11.8 Å². The molecule has 0 radical (unpaired) electrons. The van der Waals surface area contributed by atoms with Crippen molar-refractivity contribution >= 4 is 60.3 Å². The number of azo groups is 1. The maximum absolute atomic E-state index is 11.9. The number of nitrogens with zero attached hydrogens (tertiary/aromatic N) is 2.